The maximum atomic E-state index is 12.2. The van der Waals surface area contributed by atoms with Gasteiger partial charge in [-0.3, -0.25) is 0 Å². The summed E-state index contributed by atoms with van der Waals surface area (Å²) in [6, 6.07) is 7.19. The second-order valence-corrected chi connectivity index (χ2v) is 9.58. The number of nitrogens with zero attached hydrogens (tertiary/aromatic N) is 3. The topological polar surface area (TPSA) is 90.6 Å². The number of carbonyl (C=O) groups is 1. The van der Waals surface area contributed by atoms with Crippen molar-refractivity contribution in [3.05, 3.63) is 57.5 Å². The lowest BCUT2D eigenvalue weighted by atomic mass is 10.1. The van der Waals surface area contributed by atoms with E-state index in [9.17, 15) is 13.2 Å². The number of carbonyl (C=O) groups excluding carboxylic acids is 1. The lowest BCUT2D eigenvalue weighted by Crippen LogP contribution is -2.12. The lowest BCUT2D eigenvalue weighted by Gasteiger charge is -2.09. The van der Waals surface area contributed by atoms with E-state index in [2.05, 4.69) is 10.1 Å². The summed E-state index contributed by atoms with van der Waals surface area (Å²) >= 11 is 6.46. The Morgan fingerprint density at radius 3 is 2.61 bits per heavy atom. The molecule has 9 heteroatoms. The number of esters is 1. The third kappa shape index (κ3) is 3.49. The molecule has 0 aliphatic carbocycles. The van der Waals surface area contributed by atoms with Crippen LogP contribution in [0, 0.1) is 13.8 Å². The average Bonchev–Trinajstić information content (AvgIpc) is 3.27. The standard InChI is InChI=1S/C19H18ClN3O4S/c1-11-3-5-13(6-4-11)18-21-16(19(24)27-18)9-15-12(2)22-23(17(15)20)14-7-8-28(25,26)10-14/h3-6,9,14H,7-8,10H2,1-2H3/b16-9-/t14-/m0/s1. The molecule has 0 unspecified atom stereocenters. The van der Waals surface area contributed by atoms with Gasteiger partial charge >= 0.3 is 5.97 Å². The molecule has 0 N–H and O–H groups in total. The molecule has 0 saturated carbocycles. The molecule has 0 radical (unpaired) electrons. The van der Waals surface area contributed by atoms with Crippen LogP contribution in [-0.4, -0.2) is 41.6 Å². The number of rotatable bonds is 3. The monoisotopic (exact) mass is 419 g/mol. The first-order chi connectivity index (χ1) is 13.2. The molecule has 0 spiro atoms. The highest BCUT2D eigenvalue weighted by atomic mass is 35.5. The number of sulfone groups is 1. The number of hydrogen-bond acceptors (Lipinski definition) is 6. The number of aromatic nitrogens is 2. The fraction of sp³-hybridized carbons (Fsp3) is 0.316. The zero-order chi connectivity index (χ0) is 20.1. The van der Waals surface area contributed by atoms with Crippen LogP contribution in [0.4, 0.5) is 0 Å². The highest BCUT2D eigenvalue weighted by Crippen LogP contribution is 2.32. The molecule has 28 heavy (non-hydrogen) atoms. The van der Waals surface area contributed by atoms with Crippen LogP contribution in [0.2, 0.25) is 5.15 Å². The second-order valence-electron chi connectivity index (χ2n) is 6.99. The summed E-state index contributed by atoms with van der Waals surface area (Å²) in [4.78, 5) is 16.5. The predicted molar refractivity (Wildman–Crippen MR) is 106 cm³/mol. The van der Waals surface area contributed by atoms with Crippen LogP contribution in [0.5, 0.6) is 0 Å². The van der Waals surface area contributed by atoms with E-state index in [1.54, 1.807) is 6.92 Å². The highest BCUT2D eigenvalue weighted by Gasteiger charge is 2.32. The van der Waals surface area contributed by atoms with Crippen LogP contribution in [0.25, 0.3) is 6.08 Å². The van der Waals surface area contributed by atoms with E-state index in [1.165, 1.54) is 10.8 Å². The largest absolute Gasteiger partial charge is 0.402 e. The van der Waals surface area contributed by atoms with Crippen LogP contribution in [0.1, 0.15) is 34.8 Å². The van der Waals surface area contributed by atoms with Crippen LogP contribution in [0.15, 0.2) is 35.0 Å². The Kier molecular flexibility index (Phi) is 4.63. The zero-order valence-corrected chi connectivity index (χ0v) is 16.9. The van der Waals surface area contributed by atoms with Crippen molar-refractivity contribution in [3.63, 3.8) is 0 Å². The number of hydrogen-bond donors (Lipinski definition) is 0. The van der Waals surface area contributed by atoms with E-state index in [4.69, 9.17) is 16.3 Å². The normalized spacial score (nSPS) is 22.5. The summed E-state index contributed by atoms with van der Waals surface area (Å²) in [5.74, 6) is -0.192. The van der Waals surface area contributed by atoms with Crippen molar-refractivity contribution in [2.75, 3.05) is 11.5 Å². The summed E-state index contributed by atoms with van der Waals surface area (Å²) in [6.45, 7) is 3.72. The van der Waals surface area contributed by atoms with Gasteiger partial charge in [0.25, 0.3) is 0 Å². The van der Waals surface area contributed by atoms with E-state index in [0.717, 1.165) is 5.56 Å². The van der Waals surface area contributed by atoms with Gasteiger partial charge in [-0.25, -0.2) is 22.9 Å². The third-order valence-corrected chi connectivity index (χ3v) is 6.95. The molecule has 1 fully saturated rings. The summed E-state index contributed by atoms with van der Waals surface area (Å²) < 4.78 is 30.3. The smallest absolute Gasteiger partial charge is 0.363 e. The molecular formula is C19H18ClN3O4S. The van der Waals surface area contributed by atoms with Crippen molar-refractivity contribution < 1.29 is 17.9 Å². The molecule has 7 nitrogen and oxygen atoms in total. The fourth-order valence-corrected chi connectivity index (χ4v) is 5.33. The zero-order valence-electron chi connectivity index (χ0n) is 15.3. The number of halogens is 1. The number of aliphatic imine (C=N–C) groups is 1. The minimum absolute atomic E-state index is 0.0155. The van der Waals surface area contributed by atoms with Crippen molar-refractivity contribution >= 4 is 39.4 Å². The summed E-state index contributed by atoms with van der Waals surface area (Å²) in [5.41, 5.74) is 3.05. The molecule has 2 aromatic rings. The number of ether oxygens (including phenoxy) is 1. The van der Waals surface area contributed by atoms with Crippen molar-refractivity contribution in [2.45, 2.75) is 26.3 Å². The minimum atomic E-state index is -3.07. The lowest BCUT2D eigenvalue weighted by molar-refractivity contribution is -0.129. The Bertz CT molecular complexity index is 1130. The summed E-state index contributed by atoms with van der Waals surface area (Å²) in [7, 11) is -3.07. The highest BCUT2D eigenvalue weighted by molar-refractivity contribution is 7.91. The van der Waals surface area contributed by atoms with E-state index >= 15 is 0 Å². The van der Waals surface area contributed by atoms with Gasteiger partial charge in [0, 0.05) is 11.1 Å². The molecule has 0 bridgehead atoms. The van der Waals surface area contributed by atoms with Gasteiger partial charge in [0.05, 0.1) is 23.2 Å². The SMILES string of the molecule is Cc1ccc(C2=N/C(=C\c3c(C)nn([C@H]4CCS(=O)(=O)C4)c3Cl)C(=O)O2)cc1. The van der Waals surface area contributed by atoms with Crippen LogP contribution < -0.4 is 0 Å². The van der Waals surface area contributed by atoms with Crippen LogP contribution >= 0.6 is 11.6 Å². The first kappa shape index (κ1) is 18.9. The molecule has 1 aromatic heterocycles. The third-order valence-electron chi connectivity index (χ3n) is 4.83. The predicted octanol–water partition coefficient (Wildman–Crippen LogP) is 2.86. The number of benzene rings is 1. The molecule has 0 amide bonds. The Morgan fingerprint density at radius 2 is 1.96 bits per heavy atom. The van der Waals surface area contributed by atoms with E-state index in [0.29, 0.717) is 28.4 Å². The Labute approximate surface area is 167 Å². The van der Waals surface area contributed by atoms with Crippen LogP contribution in [0.3, 0.4) is 0 Å². The van der Waals surface area contributed by atoms with Gasteiger partial charge in [-0.2, -0.15) is 5.10 Å². The Balaban J connectivity index is 1.67. The van der Waals surface area contributed by atoms with Crippen molar-refractivity contribution in [1.29, 1.82) is 0 Å². The fourth-order valence-electron chi connectivity index (χ4n) is 3.27. The molecule has 1 aromatic carbocycles. The first-order valence-electron chi connectivity index (χ1n) is 8.78. The van der Waals surface area contributed by atoms with E-state index in [-0.39, 0.29) is 29.1 Å². The summed E-state index contributed by atoms with van der Waals surface area (Å²) in [5, 5.41) is 4.68. The van der Waals surface area contributed by atoms with Gasteiger partial charge in [0.2, 0.25) is 5.90 Å². The van der Waals surface area contributed by atoms with Gasteiger partial charge in [-0.1, -0.05) is 29.3 Å². The molecule has 4 rings (SSSR count). The number of cyclic esters (lactones) is 1. The van der Waals surface area contributed by atoms with Crippen molar-refractivity contribution in [1.82, 2.24) is 9.78 Å². The van der Waals surface area contributed by atoms with Crippen LogP contribution in [-0.2, 0) is 19.4 Å². The first-order valence-corrected chi connectivity index (χ1v) is 11.0. The maximum absolute atomic E-state index is 12.2. The molecule has 146 valence electrons. The van der Waals surface area contributed by atoms with Gasteiger partial charge in [-0.15, -0.1) is 0 Å². The Morgan fingerprint density at radius 1 is 1.25 bits per heavy atom. The molecule has 3 heterocycles. The number of aryl methyl sites for hydroxylation is 2. The quantitative estimate of drug-likeness (QED) is 0.563. The van der Waals surface area contributed by atoms with Gasteiger partial charge in [0.1, 0.15) is 5.15 Å². The van der Waals surface area contributed by atoms with Crippen molar-refractivity contribution in [2.24, 2.45) is 4.99 Å². The van der Waals surface area contributed by atoms with Crippen molar-refractivity contribution in [3.8, 4) is 0 Å². The summed E-state index contributed by atoms with van der Waals surface area (Å²) in [6.07, 6.45) is 2.01. The molecule has 2 aliphatic rings. The van der Waals surface area contributed by atoms with E-state index < -0.39 is 15.8 Å². The van der Waals surface area contributed by atoms with Gasteiger partial charge in [-0.05, 0) is 38.5 Å². The Hall–Kier alpha value is -2.45. The van der Waals surface area contributed by atoms with E-state index in [1.807, 2.05) is 31.2 Å². The minimum Gasteiger partial charge on any atom is -0.402 e. The molecular weight excluding hydrogens is 402 g/mol. The van der Waals surface area contributed by atoms with Gasteiger partial charge in [0.15, 0.2) is 15.5 Å². The molecule has 2 aliphatic heterocycles. The average molecular weight is 420 g/mol. The molecule has 1 atom stereocenters. The second kappa shape index (κ2) is 6.86. The van der Waals surface area contributed by atoms with Gasteiger partial charge < -0.3 is 4.74 Å². The molecule has 1 saturated heterocycles. The maximum Gasteiger partial charge on any atom is 0.363 e.